The van der Waals surface area contributed by atoms with Crippen molar-refractivity contribution >= 4 is 43.3 Å². The van der Waals surface area contributed by atoms with Crippen LogP contribution in [-0.2, 0) is 26.0 Å². The van der Waals surface area contributed by atoms with Crippen molar-refractivity contribution in [3.05, 3.63) is 34.3 Å². The van der Waals surface area contributed by atoms with Crippen molar-refractivity contribution in [2.24, 2.45) is 5.10 Å². The highest BCUT2D eigenvalue weighted by atomic mass is 79.9. The highest BCUT2D eigenvalue weighted by Gasteiger charge is 2.40. The van der Waals surface area contributed by atoms with Crippen LogP contribution in [0.4, 0.5) is 0 Å². The van der Waals surface area contributed by atoms with Crippen molar-refractivity contribution in [3.63, 3.8) is 0 Å². The van der Waals surface area contributed by atoms with Gasteiger partial charge in [-0.25, -0.2) is 13.4 Å². The number of rotatable bonds is 5. The summed E-state index contributed by atoms with van der Waals surface area (Å²) in [5.41, 5.74) is 1.38. The highest BCUT2D eigenvalue weighted by Crippen LogP contribution is 2.30. The molecule has 28 heavy (non-hydrogen) atoms. The van der Waals surface area contributed by atoms with Crippen molar-refractivity contribution in [1.29, 1.82) is 0 Å². The third kappa shape index (κ3) is 4.30. The van der Waals surface area contributed by atoms with E-state index in [1.54, 1.807) is 0 Å². The van der Waals surface area contributed by atoms with Gasteiger partial charge in [-0.15, -0.1) is 0 Å². The zero-order valence-electron chi connectivity index (χ0n) is 15.4. The average molecular weight is 468 g/mol. The summed E-state index contributed by atoms with van der Waals surface area (Å²) in [5, 5.41) is 5.59. The second-order valence-corrected chi connectivity index (χ2v) is 10.8. The fourth-order valence-corrected chi connectivity index (χ4v) is 5.87. The molecule has 0 aromatic heterocycles. The lowest BCUT2D eigenvalue weighted by atomic mass is 10.1. The van der Waals surface area contributed by atoms with Crippen LogP contribution in [0.1, 0.15) is 37.7 Å². The van der Waals surface area contributed by atoms with Crippen LogP contribution in [0.25, 0.3) is 0 Å². The summed E-state index contributed by atoms with van der Waals surface area (Å²) in [7, 11) is -3.13. The lowest BCUT2D eigenvalue weighted by Crippen LogP contribution is -2.45. The summed E-state index contributed by atoms with van der Waals surface area (Å²) in [4.78, 5) is 27.3. The number of sulfone groups is 1. The Balaban J connectivity index is 1.54. The van der Waals surface area contributed by atoms with E-state index in [1.165, 1.54) is 5.01 Å². The lowest BCUT2D eigenvalue weighted by Gasteiger charge is -2.30. The summed E-state index contributed by atoms with van der Waals surface area (Å²) in [6, 6.07) is 7.59. The fourth-order valence-electron chi connectivity index (χ4n) is 3.73. The van der Waals surface area contributed by atoms with Gasteiger partial charge in [0, 0.05) is 29.9 Å². The minimum atomic E-state index is -3.13. The molecule has 1 aromatic carbocycles. The molecule has 9 heteroatoms. The number of nitrogens with zero attached hydrogens (tertiary/aromatic N) is 3. The fraction of sp³-hybridized carbons (Fsp3) is 0.526. The molecular formula is C19H22BrN3O4S. The summed E-state index contributed by atoms with van der Waals surface area (Å²) >= 11 is 3.46. The standard InChI is InChI=1S/C19H22BrN3O4S/c20-14-3-1-2-13(10-14)11-22(15-4-5-15)19(25)17-6-7-18(24)23(21-17)16-8-9-28(26,27)12-16/h1-3,10,15-16H,4-9,11-12H2. The summed E-state index contributed by atoms with van der Waals surface area (Å²) in [6.45, 7) is 0.494. The van der Waals surface area contributed by atoms with Crippen molar-refractivity contribution in [3.8, 4) is 0 Å². The van der Waals surface area contributed by atoms with Crippen LogP contribution >= 0.6 is 15.9 Å². The zero-order valence-corrected chi connectivity index (χ0v) is 17.8. The largest absolute Gasteiger partial charge is 0.330 e. The Hall–Kier alpha value is -1.74. The molecule has 0 bridgehead atoms. The summed E-state index contributed by atoms with van der Waals surface area (Å²) in [5.74, 6) is -0.366. The molecule has 2 aliphatic heterocycles. The van der Waals surface area contributed by atoms with Gasteiger partial charge in [-0.1, -0.05) is 28.1 Å². The van der Waals surface area contributed by atoms with Crippen LogP contribution in [0.15, 0.2) is 33.8 Å². The highest BCUT2D eigenvalue weighted by molar-refractivity contribution is 9.10. The number of hydrogen-bond acceptors (Lipinski definition) is 5. The number of hydrazone groups is 1. The van der Waals surface area contributed by atoms with Gasteiger partial charge in [0.15, 0.2) is 9.84 Å². The topological polar surface area (TPSA) is 87.1 Å². The Morgan fingerprint density at radius 2 is 2.04 bits per heavy atom. The van der Waals surface area contributed by atoms with Gasteiger partial charge in [0.1, 0.15) is 5.71 Å². The van der Waals surface area contributed by atoms with Crippen molar-refractivity contribution in [2.45, 2.75) is 50.7 Å². The molecular weight excluding hydrogens is 446 g/mol. The number of benzene rings is 1. The first-order valence-electron chi connectivity index (χ1n) is 9.48. The minimum Gasteiger partial charge on any atom is -0.330 e. The first kappa shape index (κ1) is 19.6. The van der Waals surface area contributed by atoms with Gasteiger partial charge < -0.3 is 4.90 Å². The van der Waals surface area contributed by atoms with E-state index in [2.05, 4.69) is 21.0 Å². The number of halogens is 1. The Morgan fingerprint density at radius 1 is 1.25 bits per heavy atom. The maximum Gasteiger partial charge on any atom is 0.270 e. The van der Waals surface area contributed by atoms with Crippen LogP contribution in [0.3, 0.4) is 0 Å². The normalized spacial score (nSPS) is 24.2. The Bertz CT molecular complexity index is 942. The van der Waals surface area contributed by atoms with Gasteiger partial charge in [0.05, 0.1) is 17.5 Å². The SMILES string of the molecule is O=C(C1=NN(C2CCS(=O)(=O)C2)C(=O)CC1)N(Cc1cccc(Br)c1)C1CC1. The summed E-state index contributed by atoms with van der Waals surface area (Å²) < 4.78 is 24.5. The monoisotopic (exact) mass is 467 g/mol. The second kappa shape index (κ2) is 7.59. The molecule has 1 saturated carbocycles. The van der Waals surface area contributed by atoms with Crippen LogP contribution in [0.5, 0.6) is 0 Å². The molecule has 4 rings (SSSR count). The number of amides is 2. The Labute approximate surface area is 172 Å². The first-order valence-corrected chi connectivity index (χ1v) is 12.1. The molecule has 1 atom stereocenters. The van der Waals surface area contributed by atoms with E-state index in [0.29, 0.717) is 25.1 Å². The number of hydrogen-bond donors (Lipinski definition) is 0. The van der Waals surface area contributed by atoms with Gasteiger partial charge in [0.2, 0.25) is 5.91 Å². The van der Waals surface area contributed by atoms with Crippen LogP contribution in [0.2, 0.25) is 0 Å². The van der Waals surface area contributed by atoms with E-state index in [9.17, 15) is 18.0 Å². The predicted octanol–water partition coefficient (Wildman–Crippen LogP) is 2.11. The molecule has 2 amide bonds. The van der Waals surface area contributed by atoms with E-state index >= 15 is 0 Å². The molecule has 0 N–H and O–H groups in total. The van der Waals surface area contributed by atoms with Crippen molar-refractivity contribution < 1.29 is 18.0 Å². The molecule has 1 unspecified atom stereocenters. The van der Waals surface area contributed by atoms with Gasteiger partial charge in [0.25, 0.3) is 5.91 Å². The van der Waals surface area contributed by atoms with E-state index < -0.39 is 15.9 Å². The second-order valence-electron chi connectivity index (χ2n) is 7.64. The molecule has 0 spiro atoms. The average Bonchev–Trinajstić information content (AvgIpc) is 3.42. The van der Waals surface area contributed by atoms with Gasteiger partial charge in [-0.3, -0.25) is 9.59 Å². The van der Waals surface area contributed by atoms with Crippen molar-refractivity contribution in [2.75, 3.05) is 11.5 Å². The first-order chi connectivity index (χ1) is 13.3. The van der Waals surface area contributed by atoms with Gasteiger partial charge in [-0.05, 0) is 37.0 Å². The Kier molecular flexibility index (Phi) is 5.30. The molecule has 1 saturated heterocycles. The molecule has 2 heterocycles. The predicted molar refractivity (Wildman–Crippen MR) is 108 cm³/mol. The van der Waals surface area contributed by atoms with Crippen molar-refractivity contribution in [1.82, 2.24) is 9.91 Å². The number of carbonyl (C=O) groups is 2. The molecule has 7 nitrogen and oxygen atoms in total. The van der Waals surface area contributed by atoms with E-state index in [4.69, 9.17) is 0 Å². The van der Waals surface area contributed by atoms with E-state index in [0.717, 1.165) is 22.9 Å². The van der Waals surface area contributed by atoms with Crippen LogP contribution < -0.4 is 0 Å². The van der Waals surface area contributed by atoms with Gasteiger partial charge in [-0.2, -0.15) is 5.10 Å². The van der Waals surface area contributed by atoms with E-state index in [-0.39, 0.29) is 35.8 Å². The van der Waals surface area contributed by atoms with Crippen LogP contribution in [-0.4, -0.2) is 59.4 Å². The minimum absolute atomic E-state index is 0.0668. The third-order valence-electron chi connectivity index (χ3n) is 5.35. The molecule has 2 fully saturated rings. The third-order valence-corrected chi connectivity index (χ3v) is 7.59. The summed E-state index contributed by atoms with van der Waals surface area (Å²) in [6.07, 6.45) is 2.81. The van der Waals surface area contributed by atoms with Crippen LogP contribution in [0, 0.1) is 0 Å². The molecule has 3 aliphatic rings. The van der Waals surface area contributed by atoms with E-state index in [1.807, 2.05) is 29.2 Å². The maximum absolute atomic E-state index is 13.2. The maximum atomic E-state index is 13.2. The van der Waals surface area contributed by atoms with Gasteiger partial charge >= 0.3 is 0 Å². The molecule has 0 radical (unpaired) electrons. The number of carbonyl (C=O) groups excluding carboxylic acids is 2. The Morgan fingerprint density at radius 3 is 2.68 bits per heavy atom. The molecule has 150 valence electrons. The lowest BCUT2D eigenvalue weighted by molar-refractivity contribution is -0.134. The molecule has 1 aliphatic carbocycles. The quantitative estimate of drug-likeness (QED) is 0.663. The zero-order chi connectivity index (χ0) is 19.9. The smallest absolute Gasteiger partial charge is 0.270 e. The molecule has 1 aromatic rings.